The van der Waals surface area contributed by atoms with E-state index in [0.29, 0.717) is 0 Å². The van der Waals surface area contributed by atoms with Crippen molar-refractivity contribution in [2.24, 2.45) is 37.9 Å². The average Bonchev–Trinajstić information content (AvgIpc) is 2.78. The number of aliphatic hydroxyl groups is 3. The highest BCUT2D eigenvalue weighted by molar-refractivity contribution is 5.42. The predicted octanol–water partition coefficient (Wildman–Crippen LogP) is 8.00. The van der Waals surface area contributed by atoms with E-state index in [4.69, 9.17) is 4.74 Å². The fourth-order valence-corrected chi connectivity index (χ4v) is 5.54. The van der Waals surface area contributed by atoms with E-state index < -0.39 is 31.3 Å². The van der Waals surface area contributed by atoms with Crippen molar-refractivity contribution in [2.75, 3.05) is 19.8 Å². The molecule has 39 heavy (non-hydrogen) atoms. The minimum absolute atomic E-state index is 0.0371. The molecule has 0 amide bonds. The number of aliphatic hydroxyl groups excluding tert-OH is 3. The Labute approximate surface area is 240 Å². The van der Waals surface area contributed by atoms with Crippen molar-refractivity contribution in [3.8, 4) is 0 Å². The minimum atomic E-state index is -1.25. The Balaban J connectivity index is 2.84. The van der Waals surface area contributed by atoms with Crippen molar-refractivity contribution in [1.82, 2.24) is 0 Å². The van der Waals surface area contributed by atoms with Gasteiger partial charge in [0.05, 0.1) is 25.2 Å². The molecule has 3 atom stereocenters. The molecule has 2 aliphatic rings. The van der Waals surface area contributed by atoms with Crippen LogP contribution in [0.15, 0.2) is 46.8 Å². The number of hydrogen-bond donors (Lipinski definition) is 3. The van der Waals surface area contributed by atoms with E-state index in [-0.39, 0.29) is 32.5 Å². The standard InChI is InChI=1S/C35H60O4/c1-29(2,3)25-19-33(13,31(7,8)9)17-15-24(25)28(35(21-36,22-37)23-38)39-27-16-18-34(14,32(10,11)12)20-26(27)30(4,5)6/h15-18,28,36-38H,19-23H2,1-14H3. The molecule has 0 fully saturated rings. The summed E-state index contributed by atoms with van der Waals surface area (Å²) in [6, 6.07) is 0. The monoisotopic (exact) mass is 544 g/mol. The van der Waals surface area contributed by atoms with E-state index in [1.165, 1.54) is 11.1 Å². The van der Waals surface area contributed by atoms with Gasteiger partial charge < -0.3 is 20.1 Å². The highest BCUT2D eigenvalue weighted by Crippen LogP contribution is 2.54. The predicted molar refractivity (Wildman–Crippen MR) is 164 cm³/mol. The maximum absolute atomic E-state index is 10.7. The van der Waals surface area contributed by atoms with Crippen molar-refractivity contribution in [2.45, 2.75) is 116 Å². The van der Waals surface area contributed by atoms with Crippen LogP contribution in [0.4, 0.5) is 0 Å². The number of hydrogen-bond acceptors (Lipinski definition) is 4. The second-order valence-electron chi connectivity index (χ2n) is 17.0. The van der Waals surface area contributed by atoms with Gasteiger partial charge in [0.2, 0.25) is 0 Å². The van der Waals surface area contributed by atoms with Crippen LogP contribution < -0.4 is 0 Å². The lowest BCUT2D eigenvalue weighted by Gasteiger charge is -2.49. The first-order chi connectivity index (χ1) is 17.4. The normalized spacial score (nSPS) is 26.4. The van der Waals surface area contributed by atoms with Crippen LogP contribution >= 0.6 is 0 Å². The van der Waals surface area contributed by atoms with Crippen molar-refractivity contribution >= 4 is 0 Å². The van der Waals surface area contributed by atoms with Crippen LogP contribution in [0, 0.1) is 37.9 Å². The Hall–Kier alpha value is -1.36. The summed E-state index contributed by atoms with van der Waals surface area (Å²) in [4.78, 5) is 0. The summed E-state index contributed by atoms with van der Waals surface area (Å²) in [5.74, 6) is 0.785. The Morgan fingerprint density at radius 1 is 0.667 bits per heavy atom. The Kier molecular flexibility index (Phi) is 9.37. The molecule has 3 N–H and O–H groups in total. The molecular weight excluding hydrogens is 484 g/mol. The van der Waals surface area contributed by atoms with Crippen LogP contribution in [0.5, 0.6) is 0 Å². The largest absolute Gasteiger partial charge is 0.485 e. The SMILES string of the molecule is CC(C)(C)C1=C(OC(C2=C(C(C)(C)C)CC(C)(C(C)(C)C)C=C2)C(CO)(CO)CO)C=CC(C)(C(C)(C)C)C1. The molecule has 0 aromatic heterocycles. The van der Waals surface area contributed by atoms with Gasteiger partial charge in [-0.2, -0.15) is 0 Å². The number of rotatable bonds is 7. The van der Waals surface area contributed by atoms with Crippen LogP contribution in [-0.2, 0) is 4.74 Å². The molecule has 224 valence electrons. The topological polar surface area (TPSA) is 69.9 Å². The van der Waals surface area contributed by atoms with Crippen molar-refractivity contribution in [3.63, 3.8) is 0 Å². The highest BCUT2D eigenvalue weighted by Gasteiger charge is 2.48. The zero-order chi connectivity index (χ0) is 30.5. The van der Waals surface area contributed by atoms with E-state index >= 15 is 0 Å². The van der Waals surface area contributed by atoms with E-state index in [1.54, 1.807) is 0 Å². The van der Waals surface area contributed by atoms with Gasteiger partial charge in [-0.15, -0.1) is 0 Å². The van der Waals surface area contributed by atoms with Gasteiger partial charge in [-0.3, -0.25) is 0 Å². The summed E-state index contributed by atoms with van der Waals surface area (Å²) in [5, 5.41) is 32.0. The fraction of sp³-hybridized carbons (Fsp3) is 0.771. The summed E-state index contributed by atoms with van der Waals surface area (Å²) in [6.07, 6.45) is 9.76. The second kappa shape index (κ2) is 10.8. The molecule has 0 saturated carbocycles. The molecule has 2 rings (SSSR count). The number of allylic oxidation sites excluding steroid dienone is 5. The third-order valence-electron chi connectivity index (χ3n) is 10.2. The third kappa shape index (κ3) is 6.60. The molecule has 0 radical (unpaired) electrons. The third-order valence-corrected chi connectivity index (χ3v) is 10.2. The molecule has 0 aliphatic heterocycles. The molecule has 0 heterocycles. The second-order valence-corrected chi connectivity index (χ2v) is 17.0. The molecule has 0 aromatic rings. The summed E-state index contributed by atoms with van der Waals surface area (Å²) in [6.45, 7) is 30.4. The summed E-state index contributed by atoms with van der Waals surface area (Å²) < 4.78 is 7.00. The zero-order valence-corrected chi connectivity index (χ0v) is 27.7. The summed E-state index contributed by atoms with van der Waals surface area (Å²) in [5.41, 5.74) is 1.82. The molecule has 0 bridgehead atoms. The fourth-order valence-electron chi connectivity index (χ4n) is 5.54. The van der Waals surface area contributed by atoms with Crippen LogP contribution in [-0.4, -0.2) is 41.2 Å². The zero-order valence-electron chi connectivity index (χ0n) is 27.7. The van der Waals surface area contributed by atoms with Gasteiger partial charge in [-0.1, -0.05) is 121 Å². The van der Waals surface area contributed by atoms with Crippen molar-refractivity contribution in [3.05, 3.63) is 46.8 Å². The van der Waals surface area contributed by atoms with Crippen molar-refractivity contribution < 1.29 is 20.1 Å². The van der Waals surface area contributed by atoms with E-state index in [9.17, 15) is 15.3 Å². The maximum atomic E-state index is 10.7. The van der Waals surface area contributed by atoms with Gasteiger partial charge in [0, 0.05) is 0 Å². The summed E-state index contributed by atoms with van der Waals surface area (Å²) >= 11 is 0. The first-order valence-electron chi connectivity index (χ1n) is 14.8. The smallest absolute Gasteiger partial charge is 0.136 e. The molecule has 0 saturated heterocycles. The highest BCUT2D eigenvalue weighted by atomic mass is 16.5. The maximum Gasteiger partial charge on any atom is 0.136 e. The quantitative estimate of drug-likeness (QED) is 0.304. The lowest BCUT2D eigenvalue weighted by Crippen LogP contribution is -2.49. The number of ether oxygens (including phenoxy) is 1. The van der Waals surface area contributed by atoms with E-state index in [1.807, 2.05) is 0 Å². The molecular formula is C35H60O4. The molecule has 4 heteroatoms. The first kappa shape index (κ1) is 33.8. The van der Waals surface area contributed by atoms with Gasteiger partial charge in [0.25, 0.3) is 0 Å². The van der Waals surface area contributed by atoms with Gasteiger partial charge in [0.15, 0.2) is 0 Å². The van der Waals surface area contributed by atoms with Gasteiger partial charge in [-0.05, 0) is 62.6 Å². The Morgan fingerprint density at radius 3 is 1.41 bits per heavy atom. The lowest BCUT2D eigenvalue weighted by atomic mass is 9.58. The molecule has 2 aliphatic carbocycles. The van der Waals surface area contributed by atoms with E-state index in [0.717, 1.165) is 24.2 Å². The van der Waals surface area contributed by atoms with Gasteiger partial charge in [0.1, 0.15) is 11.9 Å². The molecule has 0 aromatic carbocycles. The van der Waals surface area contributed by atoms with E-state index in [2.05, 4.69) is 121 Å². The molecule has 4 nitrogen and oxygen atoms in total. The van der Waals surface area contributed by atoms with Crippen LogP contribution in [0.25, 0.3) is 0 Å². The van der Waals surface area contributed by atoms with Crippen LogP contribution in [0.1, 0.15) is 110 Å². The summed E-state index contributed by atoms with van der Waals surface area (Å²) in [7, 11) is 0. The average molecular weight is 545 g/mol. The van der Waals surface area contributed by atoms with Gasteiger partial charge >= 0.3 is 0 Å². The molecule has 0 spiro atoms. The Morgan fingerprint density at radius 2 is 1.05 bits per heavy atom. The Bertz CT molecular complexity index is 1000. The minimum Gasteiger partial charge on any atom is -0.485 e. The van der Waals surface area contributed by atoms with Crippen LogP contribution in [0.3, 0.4) is 0 Å². The van der Waals surface area contributed by atoms with Crippen molar-refractivity contribution in [1.29, 1.82) is 0 Å². The van der Waals surface area contributed by atoms with Gasteiger partial charge in [-0.25, -0.2) is 0 Å². The molecule has 3 unspecified atom stereocenters. The lowest BCUT2D eigenvalue weighted by molar-refractivity contribution is -0.0785. The first-order valence-corrected chi connectivity index (χ1v) is 14.8. The van der Waals surface area contributed by atoms with Crippen LogP contribution in [0.2, 0.25) is 0 Å².